The number of nitrogens with zero attached hydrogens (tertiary/aromatic N) is 2. The molecule has 0 atom stereocenters. The Morgan fingerprint density at radius 1 is 1.32 bits per heavy atom. The molecule has 1 aromatic heterocycles. The lowest BCUT2D eigenvalue weighted by atomic mass is 10.1. The highest BCUT2D eigenvalue weighted by Gasteiger charge is 2.37. The van der Waals surface area contributed by atoms with E-state index in [1.54, 1.807) is 36.4 Å². The van der Waals surface area contributed by atoms with Gasteiger partial charge in [-0.2, -0.15) is 10.2 Å². The summed E-state index contributed by atoms with van der Waals surface area (Å²) in [7, 11) is -2.21. The Bertz CT molecular complexity index is 870. The molecule has 0 bridgehead atoms. The SMILES string of the molecule is CC(C)(CCCNc1ccc(C#N)c(Oc2cccc(C=O)c2)n1)[Si](C)(C)O. The van der Waals surface area contributed by atoms with Gasteiger partial charge in [0, 0.05) is 12.1 Å². The van der Waals surface area contributed by atoms with Gasteiger partial charge in [0.25, 0.3) is 0 Å². The number of rotatable bonds is 9. The summed E-state index contributed by atoms with van der Waals surface area (Å²) in [5.41, 5.74) is 0.805. The van der Waals surface area contributed by atoms with Crippen molar-refractivity contribution in [3.63, 3.8) is 0 Å². The lowest BCUT2D eigenvalue weighted by molar-refractivity contribution is 0.112. The number of aldehydes is 1. The molecule has 2 N–H and O–H groups in total. The van der Waals surface area contributed by atoms with Crippen molar-refractivity contribution >= 4 is 20.4 Å². The Balaban J connectivity index is 2.04. The molecule has 0 aliphatic heterocycles. The number of pyridine rings is 1. The number of carbonyl (C=O) groups excluding carboxylic acids is 1. The summed E-state index contributed by atoms with van der Waals surface area (Å²) >= 11 is 0. The fraction of sp³-hybridized carbons (Fsp3) is 0.381. The van der Waals surface area contributed by atoms with Crippen molar-refractivity contribution in [2.75, 3.05) is 11.9 Å². The second-order valence-corrected chi connectivity index (χ2v) is 12.4. The first-order chi connectivity index (χ1) is 13.2. The van der Waals surface area contributed by atoms with Crippen LogP contribution in [0.1, 0.15) is 42.6 Å². The van der Waals surface area contributed by atoms with Crippen molar-refractivity contribution in [2.24, 2.45) is 0 Å². The van der Waals surface area contributed by atoms with E-state index in [1.807, 2.05) is 13.1 Å². The van der Waals surface area contributed by atoms with Crippen LogP contribution in [0.25, 0.3) is 0 Å². The van der Waals surface area contributed by atoms with Crippen LogP contribution in [0.3, 0.4) is 0 Å². The molecule has 0 unspecified atom stereocenters. The van der Waals surface area contributed by atoms with Gasteiger partial charge in [-0.15, -0.1) is 0 Å². The predicted octanol–water partition coefficient (Wildman–Crippen LogP) is 4.73. The Hall–Kier alpha value is -2.69. The molecule has 7 heteroatoms. The standard InChI is InChI=1S/C21H27N3O3Si/c1-21(2,28(3,4)26)11-6-12-23-19-10-9-17(14-22)20(24-19)27-18-8-5-7-16(13-18)15-25/h5,7-10,13,15,26H,6,11-12H2,1-4H3,(H,23,24). The van der Waals surface area contributed by atoms with Gasteiger partial charge in [0.15, 0.2) is 8.32 Å². The van der Waals surface area contributed by atoms with Crippen LogP contribution < -0.4 is 10.1 Å². The normalized spacial score (nSPS) is 11.6. The molecule has 0 saturated carbocycles. The smallest absolute Gasteiger partial charge is 0.239 e. The number of anilines is 1. The molecule has 0 saturated heterocycles. The maximum absolute atomic E-state index is 10.9. The molecule has 28 heavy (non-hydrogen) atoms. The van der Waals surface area contributed by atoms with E-state index >= 15 is 0 Å². The summed E-state index contributed by atoms with van der Waals surface area (Å²) in [4.78, 5) is 25.7. The summed E-state index contributed by atoms with van der Waals surface area (Å²) < 4.78 is 5.73. The van der Waals surface area contributed by atoms with Gasteiger partial charge >= 0.3 is 0 Å². The van der Waals surface area contributed by atoms with Crippen LogP contribution in [0, 0.1) is 11.3 Å². The number of ether oxygens (including phenoxy) is 1. The highest BCUT2D eigenvalue weighted by molar-refractivity contribution is 6.72. The zero-order valence-electron chi connectivity index (χ0n) is 16.8. The molecule has 0 radical (unpaired) electrons. The predicted molar refractivity (Wildman–Crippen MR) is 112 cm³/mol. The summed E-state index contributed by atoms with van der Waals surface area (Å²) in [6.45, 7) is 8.85. The van der Waals surface area contributed by atoms with Crippen molar-refractivity contribution in [3.05, 3.63) is 47.5 Å². The third kappa shape index (κ3) is 5.65. The summed E-state index contributed by atoms with van der Waals surface area (Å²) in [6, 6.07) is 12.1. The molecule has 6 nitrogen and oxygen atoms in total. The minimum Gasteiger partial charge on any atom is -0.438 e. The van der Waals surface area contributed by atoms with E-state index in [2.05, 4.69) is 30.2 Å². The number of aromatic nitrogens is 1. The van der Waals surface area contributed by atoms with Crippen LogP contribution in [-0.4, -0.2) is 30.9 Å². The molecule has 0 amide bonds. The largest absolute Gasteiger partial charge is 0.438 e. The minimum atomic E-state index is -2.21. The molecular formula is C21H27N3O3Si. The minimum absolute atomic E-state index is 0.0648. The molecule has 0 aliphatic rings. The van der Waals surface area contributed by atoms with Gasteiger partial charge < -0.3 is 14.8 Å². The maximum Gasteiger partial charge on any atom is 0.239 e. The summed E-state index contributed by atoms with van der Waals surface area (Å²) in [5, 5.41) is 12.5. The van der Waals surface area contributed by atoms with Crippen LogP contribution in [0.4, 0.5) is 5.82 Å². The molecule has 1 aromatic carbocycles. The van der Waals surface area contributed by atoms with E-state index in [-0.39, 0.29) is 10.9 Å². The van der Waals surface area contributed by atoms with Crippen molar-refractivity contribution in [1.29, 1.82) is 5.26 Å². The molecule has 0 spiro atoms. The van der Waals surface area contributed by atoms with Crippen molar-refractivity contribution in [2.45, 2.75) is 44.8 Å². The van der Waals surface area contributed by atoms with Gasteiger partial charge in [-0.05, 0) is 55.2 Å². The van der Waals surface area contributed by atoms with Crippen LogP contribution >= 0.6 is 0 Å². The monoisotopic (exact) mass is 397 g/mol. The number of hydrogen-bond acceptors (Lipinski definition) is 6. The third-order valence-corrected chi connectivity index (χ3v) is 8.69. The van der Waals surface area contributed by atoms with E-state index in [1.165, 1.54) is 0 Å². The zero-order chi connectivity index (χ0) is 20.8. The van der Waals surface area contributed by atoms with E-state index < -0.39 is 8.32 Å². The molecule has 2 rings (SSSR count). The topological polar surface area (TPSA) is 95.2 Å². The first-order valence-electron chi connectivity index (χ1n) is 9.27. The Kier molecular flexibility index (Phi) is 6.94. The number of nitriles is 1. The fourth-order valence-electron chi connectivity index (χ4n) is 2.52. The van der Waals surface area contributed by atoms with E-state index in [4.69, 9.17) is 4.74 Å². The summed E-state index contributed by atoms with van der Waals surface area (Å²) in [5.74, 6) is 1.25. The second-order valence-electron chi connectivity index (χ2n) is 7.93. The highest BCUT2D eigenvalue weighted by Crippen LogP contribution is 2.39. The van der Waals surface area contributed by atoms with Crippen molar-refractivity contribution in [3.8, 4) is 17.7 Å². The number of benzene rings is 1. The molecule has 148 valence electrons. The van der Waals surface area contributed by atoms with Gasteiger partial charge in [-0.3, -0.25) is 4.79 Å². The third-order valence-electron chi connectivity index (χ3n) is 5.13. The second kappa shape index (κ2) is 9.00. The lowest BCUT2D eigenvalue weighted by Crippen LogP contribution is -2.39. The van der Waals surface area contributed by atoms with Gasteiger partial charge in [0.1, 0.15) is 29.5 Å². The zero-order valence-corrected chi connectivity index (χ0v) is 17.8. The van der Waals surface area contributed by atoms with Crippen LogP contribution in [0.15, 0.2) is 36.4 Å². The first kappa shape index (κ1) is 21.6. The van der Waals surface area contributed by atoms with Gasteiger partial charge in [-0.25, -0.2) is 0 Å². The van der Waals surface area contributed by atoms with Gasteiger partial charge in [0.2, 0.25) is 5.88 Å². The molecular weight excluding hydrogens is 370 g/mol. The van der Waals surface area contributed by atoms with Crippen LogP contribution in [0.2, 0.25) is 18.1 Å². The van der Waals surface area contributed by atoms with Gasteiger partial charge in [0.05, 0.1) is 0 Å². The van der Waals surface area contributed by atoms with Crippen molar-refractivity contribution < 1.29 is 14.3 Å². The number of carbonyl (C=O) groups is 1. The van der Waals surface area contributed by atoms with E-state index in [0.29, 0.717) is 29.2 Å². The molecule has 2 aromatic rings. The number of hydrogen-bond donors (Lipinski definition) is 2. The first-order valence-corrected chi connectivity index (χ1v) is 12.2. The van der Waals surface area contributed by atoms with E-state index in [9.17, 15) is 14.9 Å². The quantitative estimate of drug-likeness (QED) is 0.361. The Morgan fingerprint density at radius 2 is 2.07 bits per heavy atom. The molecule has 0 aliphatic carbocycles. The van der Waals surface area contributed by atoms with E-state index in [0.717, 1.165) is 19.1 Å². The van der Waals surface area contributed by atoms with Crippen LogP contribution in [0.5, 0.6) is 11.6 Å². The lowest BCUT2D eigenvalue weighted by Gasteiger charge is -2.35. The van der Waals surface area contributed by atoms with Crippen molar-refractivity contribution in [1.82, 2.24) is 4.98 Å². The Morgan fingerprint density at radius 3 is 2.71 bits per heavy atom. The van der Waals surface area contributed by atoms with Gasteiger partial charge in [-0.1, -0.05) is 26.0 Å². The fourth-order valence-corrected chi connectivity index (χ4v) is 3.31. The maximum atomic E-state index is 10.9. The average Bonchev–Trinajstić information content (AvgIpc) is 2.64. The average molecular weight is 398 g/mol. The molecule has 1 heterocycles. The number of nitrogens with one attached hydrogen (secondary N) is 1. The highest BCUT2D eigenvalue weighted by atomic mass is 28.4. The summed E-state index contributed by atoms with van der Waals surface area (Å²) in [6.07, 6.45) is 2.54. The van der Waals surface area contributed by atoms with Crippen LogP contribution in [-0.2, 0) is 0 Å². The molecule has 0 fully saturated rings. The Labute approximate surface area is 167 Å².